The maximum atomic E-state index is 13.2. The van der Waals surface area contributed by atoms with E-state index < -0.39 is 10.7 Å². The van der Waals surface area contributed by atoms with Gasteiger partial charge in [0.15, 0.2) is 0 Å². The summed E-state index contributed by atoms with van der Waals surface area (Å²) in [6.45, 7) is 3.43. The third-order valence-corrected chi connectivity index (χ3v) is 5.28. The maximum absolute atomic E-state index is 13.2. The average molecular weight is 435 g/mol. The number of anilines is 1. The number of nitro benzene ring substituents is 1. The Labute approximate surface area is 177 Å². The lowest BCUT2D eigenvalue weighted by molar-refractivity contribution is -0.385. The number of carbonyl (C=O) groups is 2. The van der Waals surface area contributed by atoms with Crippen molar-refractivity contribution >= 4 is 34.8 Å². The Kier molecular flexibility index (Phi) is 6.63. The zero-order valence-electron chi connectivity index (χ0n) is 16.2. The van der Waals surface area contributed by atoms with Gasteiger partial charge in [0.05, 0.1) is 33.3 Å². The Morgan fingerprint density at radius 3 is 2.53 bits per heavy atom. The lowest BCUT2D eigenvalue weighted by Gasteiger charge is -2.34. The van der Waals surface area contributed by atoms with E-state index in [1.165, 1.54) is 24.3 Å². The van der Waals surface area contributed by atoms with Crippen LogP contribution < -0.4 is 5.32 Å². The highest BCUT2D eigenvalue weighted by Crippen LogP contribution is 2.25. The number of hydrogen-bond acceptors (Lipinski definition) is 5. The van der Waals surface area contributed by atoms with E-state index in [0.29, 0.717) is 37.4 Å². The molecule has 1 heterocycles. The quantitative estimate of drug-likeness (QED) is 0.576. The largest absolute Gasteiger partial charge is 0.336 e. The molecular weight excluding hydrogens is 415 g/mol. The van der Waals surface area contributed by atoms with Gasteiger partial charge in [-0.15, -0.1) is 0 Å². The number of hydrogen-bond donors (Lipinski definition) is 1. The molecule has 0 aromatic heterocycles. The van der Waals surface area contributed by atoms with Gasteiger partial charge in [-0.05, 0) is 31.2 Å². The van der Waals surface area contributed by atoms with Crippen LogP contribution in [0.5, 0.6) is 0 Å². The van der Waals surface area contributed by atoms with Crippen molar-refractivity contribution in [3.63, 3.8) is 0 Å². The van der Waals surface area contributed by atoms with Gasteiger partial charge in [0.2, 0.25) is 5.91 Å². The molecule has 3 rings (SSSR count). The standard InChI is InChI=1S/C20H20ClFN4O4/c1-13-17(3-2-4-18(13)26(29)30)23-19(27)12-24-7-9-25(10-8-24)20(28)15-6-5-14(22)11-16(15)21/h2-6,11H,7-10,12H2,1H3,(H,23,27). The number of benzene rings is 2. The molecule has 0 aliphatic carbocycles. The Bertz CT molecular complexity index is 993. The zero-order valence-corrected chi connectivity index (χ0v) is 17.0. The Balaban J connectivity index is 1.54. The summed E-state index contributed by atoms with van der Waals surface area (Å²) in [4.78, 5) is 39.0. The third kappa shape index (κ3) is 4.92. The molecular formula is C20H20ClFN4O4. The fourth-order valence-corrected chi connectivity index (χ4v) is 3.54. The monoisotopic (exact) mass is 434 g/mol. The van der Waals surface area contributed by atoms with Gasteiger partial charge >= 0.3 is 0 Å². The zero-order chi connectivity index (χ0) is 21.8. The first-order valence-electron chi connectivity index (χ1n) is 9.27. The molecule has 10 heteroatoms. The van der Waals surface area contributed by atoms with Crippen molar-refractivity contribution in [1.82, 2.24) is 9.80 Å². The minimum absolute atomic E-state index is 0.0561. The number of rotatable bonds is 5. The summed E-state index contributed by atoms with van der Waals surface area (Å²) < 4.78 is 13.2. The van der Waals surface area contributed by atoms with Crippen molar-refractivity contribution in [1.29, 1.82) is 0 Å². The highest BCUT2D eigenvalue weighted by molar-refractivity contribution is 6.33. The topological polar surface area (TPSA) is 95.8 Å². The highest BCUT2D eigenvalue weighted by atomic mass is 35.5. The van der Waals surface area contributed by atoms with Crippen LogP contribution >= 0.6 is 11.6 Å². The van der Waals surface area contributed by atoms with Crippen molar-refractivity contribution in [2.45, 2.75) is 6.92 Å². The summed E-state index contributed by atoms with van der Waals surface area (Å²) in [5, 5.41) is 13.8. The minimum atomic E-state index is -0.508. The highest BCUT2D eigenvalue weighted by Gasteiger charge is 2.25. The normalized spacial score (nSPS) is 14.4. The molecule has 1 aliphatic rings. The lowest BCUT2D eigenvalue weighted by atomic mass is 10.1. The van der Waals surface area contributed by atoms with Gasteiger partial charge in [-0.2, -0.15) is 0 Å². The van der Waals surface area contributed by atoms with E-state index >= 15 is 0 Å². The summed E-state index contributed by atoms with van der Waals surface area (Å²) in [6, 6.07) is 8.17. The first kappa shape index (κ1) is 21.7. The Morgan fingerprint density at radius 1 is 1.20 bits per heavy atom. The predicted octanol–water partition coefficient (Wildman–Crippen LogP) is 3.09. The summed E-state index contributed by atoms with van der Waals surface area (Å²) in [5.41, 5.74) is 0.973. The molecule has 1 fully saturated rings. The lowest BCUT2D eigenvalue weighted by Crippen LogP contribution is -2.50. The molecule has 0 saturated carbocycles. The van der Waals surface area contributed by atoms with Crippen LogP contribution in [-0.2, 0) is 4.79 Å². The van der Waals surface area contributed by atoms with E-state index in [2.05, 4.69) is 5.32 Å². The number of nitro groups is 1. The SMILES string of the molecule is Cc1c(NC(=O)CN2CCN(C(=O)c3ccc(F)cc3Cl)CC2)cccc1[N+](=O)[O-]. The van der Waals surface area contributed by atoms with Gasteiger partial charge in [0, 0.05) is 32.2 Å². The molecule has 8 nitrogen and oxygen atoms in total. The first-order valence-corrected chi connectivity index (χ1v) is 9.64. The molecule has 30 heavy (non-hydrogen) atoms. The third-order valence-electron chi connectivity index (χ3n) is 4.96. The second kappa shape index (κ2) is 9.19. The molecule has 0 spiro atoms. The van der Waals surface area contributed by atoms with Crippen molar-refractivity contribution in [2.24, 2.45) is 0 Å². The Morgan fingerprint density at radius 2 is 1.90 bits per heavy atom. The molecule has 1 aliphatic heterocycles. The van der Waals surface area contributed by atoms with Crippen LogP contribution in [0, 0.1) is 22.9 Å². The second-order valence-electron chi connectivity index (χ2n) is 6.95. The van der Waals surface area contributed by atoms with Crippen LogP contribution in [0.25, 0.3) is 0 Å². The van der Waals surface area contributed by atoms with Gasteiger partial charge in [-0.1, -0.05) is 17.7 Å². The first-order chi connectivity index (χ1) is 14.3. The fourth-order valence-electron chi connectivity index (χ4n) is 3.29. The van der Waals surface area contributed by atoms with Crippen LogP contribution in [0.15, 0.2) is 36.4 Å². The van der Waals surface area contributed by atoms with Crippen LogP contribution in [0.2, 0.25) is 5.02 Å². The number of nitrogens with one attached hydrogen (secondary N) is 1. The summed E-state index contributed by atoms with van der Waals surface area (Å²) >= 11 is 5.97. The maximum Gasteiger partial charge on any atom is 0.274 e. The van der Waals surface area contributed by atoms with Gasteiger partial charge in [0.1, 0.15) is 5.82 Å². The average Bonchev–Trinajstić information content (AvgIpc) is 2.69. The van der Waals surface area contributed by atoms with Crippen molar-refractivity contribution in [3.05, 3.63) is 68.5 Å². The van der Waals surface area contributed by atoms with Crippen LogP contribution in [0.3, 0.4) is 0 Å². The molecule has 2 aromatic carbocycles. The predicted molar refractivity (Wildman–Crippen MR) is 110 cm³/mol. The van der Waals surface area contributed by atoms with Crippen LogP contribution in [0.4, 0.5) is 15.8 Å². The minimum Gasteiger partial charge on any atom is -0.336 e. The second-order valence-corrected chi connectivity index (χ2v) is 7.35. The summed E-state index contributed by atoms with van der Waals surface area (Å²) in [5.74, 6) is -1.08. The molecule has 2 amide bonds. The molecule has 0 unspecified atom stereocenters. The molecule has 0 atom stereocenters. The van der Waals surface area contributed by atoms with Gasteiger partial charge in [0.25, 0.3) is 11.6 Å². The number of carbonyl (C=O) groups excluding carboxylic acids is 2. The Hall–Kier alpha value is -3.04. The van der Waals surface area contributed by atoms with E-state index in [9.17, 15) is 24.1 Å². The van der Waals surface area contributed by atoms with Gasteiger partial charge < -0.3 is 10.2 Å². The van der Waals surface area contributed by atoms with Gasteiger partial charge in [-0.25, -0.2) is 4.39 Å². The smallest absolute Gasteiger partial charge is 0.274 e. The van der Waals surface area contributed by atoms with E-state index in [-0.39, 0.29) is 34.6 Å². The number of halogens is 2. The van der Waals surface area contributed by atoms with E-state index in [1.54, 1.807) is 17.9 Å². The molecule has 158 valence electrons. The molecule has 2 aromatic rings. The van der Waals surface area contributed by atoms with E-state index in [4.69, 9.17) is 11.6 Å². The van der Waals surface area contributed by atoms with Gasteiger partial charge in [-0.3, -0.25) is 24.6 Å². The van der Waals surface area contributed by atoms with Crippen molar-refractivity contribution < 1.29 is 18.9 Å². The van der Waals surface area contributed by atoms with Crippen LogP contribution in [-0.4, -0.2) is 59.3 Å². The van der Waals surface area contributed by atoms with Crippen molar-refractivity contribution in [3.8, 4) is 0 Å². The number of piperazine rings is 1. The molecule has 0 bridgehead atoms. The molecule has 1 saturated heterocycles. The molecule has 0 radical (unpaired) electrons. The van der Waals surface area contributed by atoms with Crippen molar-refractivity contribution in [2.75, 3.05) is 38.0 Å². The number of nitrogens with zero attached hydrogens (tertiary/aromatic N) is 3. The summed E-state index contributed by atoms with van der Waals surface area (Å²) in [6.07, 6.45) is 0. The molecule has 1 N–H and O–H groups in total. The summed E-state index contributed by atoms with van der Waals surface area (Å²) in [7, 11) is 0. The van der Waals surface area contributed by atoms with E-state index in [1.807, 2.05) is 4.90 Å². The van der Waals surface area contributed by atoms with Crippen LogP contribution in [0.1, 0.15) is 15.9 Å². The van der Waals surface area contributed by atoms with E-state index in [0.717, 1.165) is 6.07 Å². The fraction of sp³-hybridized carbons (Fsp3) is 0.300. The number of amides is 2.